The molecule has 0 spiro atoms. The van der Waals surface area contributed by atoms with Crippen molar-refractivity contribution in [3.8, 4) is 0 Å². The summed E-state index contributed by atoms with van der Waals surface area (Å²) in [6.07, 6.45) is 8.30. The van der Waals surface area contributed by atoms with E-state index < -0.39 is 53.5 Å². The highest BCUT2D eigenvalue weighted by Gasteiger charge is 2.62. The molecule has 6 aliphatic rings. The highest BCUT2D eigenvalue weighted by atomic mass is 35.5. The van der Waals surface area contributed by atoms with Gasteiger partial charge in [0, 0.05) is 50.9 Å². The maximum Gasteiger partial charge on any atom is 0.323 e. The van der Waals surface area contributed by atoms with E-state index in [2.05, 4.69) is 17.1 Å². The Morgan fingerprint density at radius 2 is 1.83 bits per heavy atom. The Bertz CT molecular complexity index is 1580. The van der Waals surface area contributed by atoms with Crippen molar-refractivity contribution in [3.05, 3.63) is 40.4 Å². The molecule has 4 aliphatic carbocycles. The van der Waals surface area contributed by atoms with Crippen molar-refractivity contribution in [1.82, 2.24) is 10.2 Å². The van der Waals surface area contributed by atoms with Crippen LogP contribution in [-0.4, -0.2) is 83.2 Å². The Balaban J connectivity index is 1.15. The summed E-state index contributed by atoms with van der Waals surface area (Å²) in [5.41, 5.74) is -1.37. The van der Waals surface area contributed by atoms with Crippen LogP contribution in [0.25, 0.3) is 0 Å². The lowest BCUT2D eigenvalue weighted by Gasteiger charge is -2.56. The number of carbonyl (C=O) groups excluding carboxylic acids is 3. The number of benzene rings is 1. The quantitative estimate of drug-likeness (QED) is 0.227. The molecule has 12 heteroatoms. The summed E-state index contributed by atoms with van der Waals surface area (Å²) >= 11 is 6.48. The van der Waals surface area contributed by atoms with E-state index in [0.29, 0.717) is 40.7 Å². The summed E-state index contributed by atoms with van der Waals surface area (Å²) in [4.78, 5) is 48.4. The molecule has 3 saturated carbocycles. The summed E-state index contributed by atoms with van der Waals surface area (Å²) in [6.45, 7) is 8.73. The minimum Gasteiger partial charge on any atom is -0.454 e. The predicted molar refractivity (Wildman–Crippen MR) is 195 cm³/mol. The first-order chi connectivity index (χ1) is 24.7. The van der Waals surface area contributed by atoms with E-state index in [1.165, 1.54) is 31.2 Å². The third-order valence-corrected chi connectivity index (χ3v) is 13.5. The third kappa shape index (κ3) is 6.78. The first-order valence-corrected chi connectivity index (χ1v) is 19.8. The van der Waals surface area contributed by atoms with Gasteiger partial charge in [-0.1, -0.05) is 62.9 Å². The molecule has 286 valence electrons. The molecule has 2 heterocycles. The van der Waals surface area contributed by atoms with Crippen molar-refractivity contribution < 1.29 is 38.9 Å². The molecule has 1 aromatic carbocycles. The van der Waals surface area contributed by atoms with E-state index in [-0.39, 0.29) is 36.0 Å². The van der Waals surface area contributed by atoms with E-state index in [9.17, 15) is 24.6 Å². The average Bonchev–Trinajstić information content (AvgIpc) is 3.89. The molecule has 0 bridgehead atoms. The smallest absolute Gasteiger partial charge is 0.323 e. The van der Waals surface area contributed by atoms with Crippen molar-refractivity contribution in [2.75, 3.05) is 25.2 Å². The molecule has 1 amide bonds. The fourth-order valence-electron chi connectivity index (χ4n) is 10.2. The van der Waals surface area contributed by atoms with Crippen LogP contribution in [0.4, 0.5) is 5.69 Å². The number of halogens is 1. The Hall–Kier alpha value is -2.70. The molecule has 3 N–H and O–H groups in total. The van der Waals surface area contributed by atoms with Crippen molar-refractivity contribution in [2.45, 2.75) is 128 Å². The Kier molecular flexibility index (Phi) is 10.5. The van der Waals surface area contributed by atoms with Crippen LogP contribution in [0.2, 0.25) is 5.02 Å². The first-order valence-electron chi connectivity index (χ1n) is 19.5. The zero-order chi connectivity index (χ0) is 37.1. The molecule has 0 radical (unpaired) electrons. The van der Waals surface area contributed by atoms with E-state index in [1.807, 2.05) is 19.9 Å². The number of esters is 2. The minimum atomic E-state index is -1.58. The minimum absolute atomic E-state index is 0.00476. The Morgan fingerprint density at radius 1 is 1.10 bits per heavy atom. The van der Waals surface area contributed by atoms with Crippen LogP contribution in [0, 0.1) is 35.5 Å². The van der Waals surface area contributed by atoms with E-state index >= 15 is 0 Å². The molecular formula is C40H56ClN3O8. The second-order valence-electron chi connectivity index (χ2n) is 16.8. The topological polar surface area (TPSA) is 138 Å². The number of hydroxylamine groups is 1. The average molecular weight is 742 g/mol. The van der Waals surface area contributed by atoms with Crippen molar-refractivity contribution >= 4 is 35.1 Å². The number of amides is 1. The maximum atomic E-state index is 14.2. The van der Waals surface area contributed by atoms with Gasteiger partial charge in [0.15, 0.2) is 18.4 Å². The molecule has 4 fully saturated rings. The second kappa shape index (κ2) is 14.5. The standard InChI is InChI=1S/C40H56ClN3O8/c1-22-18-30-28(23(2)20-44(36(46)27-15-16-27)21-26-10-7-6-8-11-26)17-14-24(3)40(30,49)35(34(22)50-25(4)45)51-37(47)32-19-39(48)29-12-9-13-31(41)33(29)43(5)52-38(39)42-32/h9,12-13,18,23-24,26-28,30,32,34-35,38,42,48-49H,6-8,10-11,14-17,19-21H2,1-5H3/t23?,24-,28+,30-,32+,34-,35+,38-,39-,40-/m1/s1. The van der Waals surface area contributed by atoms with E-state index in [4.69, 9.17) is 25.9 Å². The number of ether oxygens (including phenoxy) is 2. The van der Waals surface area contributed by atoms with Crippen LogP contribution in [-0.2, 0) is 34.3 Å². The fourth-order valence-corrected chi connectivity index (χ4v) is 10.5. The van der Waals surface area contributed by atoms with Gasteiger partial charge in [0.05, 0.1) is 10.7 Å². The third-order valence-electron chi connectivity index (χ3n) is 13.2. The molecule has 1 aromatic rings. The Morgan fingerprint density at radius 3 is 2.52 bits per heavy atom. The fraction of sp³-hybridized carbons (Fsp3) is 0.725. The molecule has 2 aliphatic heterocycles. The van der Waals surface area contributed by atoms with Gasteiger partial charge < -0.3 is 24.6 Å². The molecule has 7 rings (SSSR count). The molecule has 10 atom stereocenters. The van der Waals surface area contributed by atoms with Crippen molar-refractivity contribution in [3.63, 3.8) is 0 Å². The number of nitrogens with zero attached hydrogens (tertiary/aromatic N) is 2. The zero-order valence-corrected chi connectivity index (χ0v) is 31.9. The van der Waals surface area contributed by atoms with Crippen molar-refractivity contribution in [1.29, 1.82) is 0 Å². The number of nitrogens with one attached hydrogen (secondary N) is 1. The summed E-state index contributed by atoms with van der Waals surface area (Å²) in [6, 6.07) is 4.23. The van der Waals surface area contributed by atoms with Gasteiger partial charge in [-0.15, -0.1) is 0 Å². The monoisotopic (exact) mass is 741 g/mol. The van der Waals surface area contributed by atoms with Gasteiger partial charge in [-0.05, 0) is 80.8 Å². The maximum absolute atomic E-state index is 14.2. The lowest BCUT2D eigenvalue weighted by Crippen LogP contribution is -2.66. The summed E-state index contributed by atoms with van der Waals surface area (Å²) in [5.74, 6) is -0.940. The SMILES string of the molecule is CC(=O)O[C@@H]1C(C)=C[C@@H]2[C@H](C(C)CN(CC3CCCCC3)C(=O)C3CC3)CC[C@@H](C)[C@]2(O)[C@H]1OC(=O)[C@@H]1C[C@@]2(O)c3cccc(Cl)c3N(C)O[C@H]2N1. The summed E-state index contributed by atoms with van der Waals surface area (Å²) in [5, 5.41) is 29.9. The van der Waals surface area contributed by atoms with Crippen LogP contribution < -0.4 is 10.4 Å². The van der Waals surface area contributed by atoms with Gasteiger partial charge in [0.1, 0.15) is 17.2 Å². The number of carbonyl (C=O) groups is 3. The molecule has 0 aromatic heterocycles. The largest absolute Gasteiger partial charge is 0.454 e. The van der Waals surface area contributed by atoms with Gasteiger partial charge in [-0.2, -0.15) is 0 Å². The lowest BCUT2D eigenvalue weighted by molar-refractivity contribution is -0.225. The van der Waals surface area contributed by atoms with Gasteiger partial charge in [0.2, 0.25) is 5.91 Å². The number of aliphatic hydroxyl groups is 2. The van der Waals surface area contributed by atoms with Crippen LogP contribution in [0.1, 0.15) is 97.5 Å². The van der Waals surface area contributed by atoms with E-state index in [1.54, 1.807) is 25.2 Å². The molecule has 52 heavy (non-hydrogen) atoms. The summed E-state index contributed by atoms with van der Waals surface area (Å²) in [7, 11) is 1.69. The molecular weight excluding hydrogens is 686 g/mol. The predicted octanol–water partition coefficient (Wildman–Crippen LogP) is 5.25. The van der Waals surface area contributed by atoms with Crippen molar-refractivity contribution in [2.24, 2.45) is 35.5 Å². The van der Waals surface area contributed by atoms with Crippen LogP contribution >= 0.6 is 11.6 Å². The molecule has 1 unspecified atom stereocenters. The molecule has 11 nitrogen and oxygen atoms in total. The van der Waals surface area contributed by atoms with Gasteiger partial charge in [-0.25, -0.2) is 0 Å². The van der Waals surface area contributed by atoms with Crippen LogP contribution in [0.5, 0.6) is 0 Å². The lowest BCUT2D eigenvalue weighted by atomic mass is 9.55. The van der Waals surface area contributed by atoms with Gasteiger partial charge in [-0.3, -0.25) is 29.6 Å². The van der Waals surface area contributed by atoms with Gasteiger partial charge >= 0.3 is 11.9 Å². The number of rotatable bonds is 9. The number of hydrogen-bond acceptors (Lipinski definition) is 10. The Labute approximate surface area is 312 Å². The zero-order valence-electron chi connectivity index (χ0n) is 31.2. The number of para-hydroxylation sites is 1. The van der Waals surface area contributed by atoms with E-state index in [0.717, 1.165) is 38.6 Å². The highest BCUT2D eigenvalue weighted by Crippen LogP contribution is 2.53. The molecule has 1 saturated heterocycles. The first kappa shape index (κ1) is 37.6. The van der Waals surface area contributed by atoms with Crippen LogP contribution in [0.3, 0.4) is 0 Å². The normalized spacial score (nSPS) is 36.5. The van der Waals surface area contributed by atoms with Crippen LogP contribution in [0.15, 0.2) is 29.8 Å². The van der Waals surface area contributed by atoms with Gasteiger partial charge in [0.25, 0.3) is 0 Å². The highest BCUT2D eigenvalue weighted by molar-refractivity contribution is 6.33. The summed E-state index contributed by atoms with van der Waals surface area (Å²) < 4.78 is 12.2. The second-order valence-corrected chi connectivity index (χ2v) is 17.2. The number of fused-ring (bicyclic) bond motifs is 4. The number of hydrogen-bond donors (Lipinski definition) is 3. The number of anilines is 1.